The molecule has 0 aromatic heterocycles. The van der Waals surface area contributed by atoms with E-state index in [9.17, 15) is 19.7 Å². The van der Waals surface area contributed by atoms with Gasteiger partial charge in [-0.1, -0.05) is 17.7 Å². The molecule has 0 radical (unpaired) electrons. The summed E-state index contributed by atoms with van der Waals surface area (Å²) in [5.74, 6) is -1.81. The van der Waals surface area contributed by atoms with Gasteiger partial charge in [0.25, 0.3) is 5.69 Å². The fraction of sp³-hybridized carbons (Fsp3) is 0.0667. The summed E-state index contributed by atoms with van der Waals surface area (Å²) in [6.45, 7) is 0. The molecular weight excluding hydrogens is 338 g/mol. The summed E-state index contributed by atoms with van der Waals surface area (Å²) in [6.07, 6.45) is 0. The van der Waals surface area contributed by atoms with Crippen LogP contribution in [0.3, 0.4) is 0 Å². The molecule has 0 atom stereocenters. The lowest BCUT2D eigenvalue weighted by atomic mass is 10.2. The van der Waals surface area contributed by atoms with Crippen molar-refractivity contribution >= 4 is 40.5 Å². The number of nitrogens with one attached hydrogen (secondary N) is 2. The Balaban J connectivity index is 2.11. The Labute approximate surface area is 141 Å². The number of nitro groups is 1. The van der Waals surface area contributed by atoms with Crippen molar-refractivity contribution in [1.29, 1.82) is 0 Å². The molecule has 0 aliphatic heterocycles. The van der Waals surface area contributed by atoms with Crippen molar-refractivity contribution in [2.24, 2.45) is 0 Å². The number of benzene rings is 2. The Morgan fingerprint density at radius 1 is 1.12 bits per heavy atom. The lowest BCUT2D eigenvalue weighted by molar-refractivity contribution is -0.384. The van der Waals surface area contributed by atoms with Gasteiger partial charge in [0.2, 0.25) is 0 Å². The van der Waals surface area contributed by atoms with Crippen LogP contribution >= 0.6 is 11.6 Å². The number of carbonyl (C=O) groups excluding carboxylic acids is 2. The number of nitro benzene ring substituents is 1. The molecular formula is C15H12ClN3O5. The molecule has 0 saturated carbocycles. The van der Waals surface area contributed by atoms with E-state index in [2.05, 4.69) is 10.6 Å². The Hall–Kier alpha value is -3.13. The van der Waals surface area contributed by atoms with Gasteiger partial charge >= 0.3 is 11.8 Å². The highest BCUT2D eigenvalue weighted by molar-refractivity contribution is 6.44. The van der Waals surface area contributed by atoms with Gasteiger partial charge in [-0.3, -0.25) is 19.7 Å². The third-order valence-electron chi connectivity index (χ3n) is 2.93. The molecule has 8 nitrogen and oxygen atoms in total. The first-order chi connectivity index (χ1) is 11.4. The second kappa shape index (κ2) is 7.42. The van der Waals surface area contributed by atoms with E-state index in [1.165, 1.54) is 25.3 Å². The zero-order valence-electron chi connectivity index (χ0n) is 12.4. The minimum Gasteiger partial charge on any atom is -0.494 e. The first kappa shape index (κ1) is 17.2. The normalized spacial score (nSPS) is 9.92. The van der Waals surface area contributed by atoms with E-state index in [0.717, 1.165) is 6.07 Å². The predicted molar refractivity (Wildman–Crippen MR) is 88.4 cm³/mol. The zero-order chi connectivity index (χ0) is 17.7. The standard InChI is InChI=1S/C15H12ClN3O5/c1-24-13-8-11(19(22)23)5-6-12(13)18-15(21)14(20)17-10-4-2-3-9(16)7-10/h2-8H,1H3,(H,17,20)(H,18,21). The lowest BCUT2D eigenvalue weighted by Crippen LogP contribution is -2.29. The highest BCUT2D eigenvalue weighted by atomic mass is 35.5. The minimum atomic E-state index is -0.956. The second-order valence-corrected chi connectivity index (χ2v) is 5.00. The second-order valence-electron chi connectivity index (χ2n) is 4.56. The van der Waals surface area contributed by atoms with Crippen LogP contribution in [0.5, 0.6) is 5.75 Å². The molecule has 2 rings (SSSR count). The number of methoxy groups -OCH3 is 1. The maximum absolute atomic E-state index is 11.9. The number of non-ortho nitro benzene ring substituents is 1. The number of ether oxygens (including phenoxy) is 1. The number of carbonyl (C=O) groups is 2. The van der Waals surface area contributed by atoms with E-state index in [0.29, 0.717) is 10.7 Å². The van der Waals surface area contributed by atoms with Crippen LogP contribution in [0.25, 0.3) is 0 Å². The molecule has 24 heavy (non-hydrogen) atoms. The molecule has 2 aromatic carbocycles. The van der Waals surface area contributed by atoms with Crippen molar-refractivity contribution in [2.45, 2.75) is 0 Å². The molecule has 124 valence electrons. The van der Waals surface area contributed by atoms with E-state index in [4.69, 9.17) is 16.3 Å². The fourth-order valence-electron chi connectivity index (χ4n) is 1.83. The van der Waals surface area contributed by atoms with Crippen LogP contribution in [0.4, 0.5) is 17.1 Å². The van der Waals surface area contributed by atoms with Gasteiger partial charge in [0, 0.05) is 16.8 Å². The van der Waals surface area contributed by atoms with Gasteiger partial charge in [0.15, 0.2) is 0 Å². The van der Waals surface area contributed by atoms with E-state index in [1.54, 1.807) is 18.2 Å². The van der Waals surface area contributed by atoms with Crippen LogP contribution in [0, 0.1) is 10.1 Å². The summed E-state index contributed by atoms with van der Waals surface area (Å²) in [5, 5.41) is 15.9. The van der Waals surface area contributed by atoms with Gasteiger partial charge < -0.3 is 15.4 Å². The van der Waals surface area contributed by atoms with Crippen LogP contribution in [-0.4, -0.2) is 23.8 Å². The van der Waals surface area contributed by atoms with Gasteiger partial charge in [-0.25, -0.2) is 0 Å². The topological polar surface area (TPSA) is 111 Å². The minimum absolute atomic E-state index is 0.0631. The average Bonchev–Trinajstić information content (AvgIpc) is 2.54. The number of hydrogen-bond acceptors (Lipinski definition) is 5. The number of anilines is 2. The van der Waals surface area contributed by atoms with E-state index >= 15 is 0 Å². The Bertz CT molecular complexity index is 809. The summed E-state index contributed by atoms with van der Waals surface area (Å²) in [7, 11) is 1.29. The van der Waals surface area contributed by atoms with E-state index in [1.807, 2.05) is 0 Å². The van der Waals surface area contributed by atoms with Crippen molar-refractivity contribution in [3.05, 3.63) is 57.6 Å². The van der Waals surface area contributed by atoms with E-state index < -0.39 is 16.7 Å². The molecule has 0 saturated heterocycles. The molecule has 2 amide bonds. The maximum atomic E-state index is 11.9. The number of nitrogens with zero attached hydrogens (tertiary/aromatic N) is 1. The molecule has 0 heterocycles. The van der Waals surface area contributed by atoms with Crippen LogP contribution in [0.1, 0.15) is 0 Å². The van der Waals surface area contributed by atoms with E-state index in [-0.39, 0.29) is 17.1 Å². The highest BCUT2D eigenvalue weighted by Crippen LogP contribution is 2.29. The Morgan fingerprint density at radius 3 is 2.46 bits per heavy atom. The zero-order valence-corrected chi connectivity index (χ0v) is 13.2. The summed E-state index contributed by atoms with van der Waals surface area (Å²) in [6, 6.07) is 9.91. The first-order valence-electron chi connectivity index (χ1n) is 6.61. The van der Waals surface area contributed by atoms with Gasteiger partial charge in [-0.2, -0.15) is 0 Å². The molecule has 2 aromatic rings. The number of halogens is 1. The van der Waals surface area contributed by atoms with Crippen molar-refractivity contribution in [3.8, 4) is 5.75 Å². The Morgan fingerprint density at radius 2 is 1.83 bits per heavy atom. The van der Waals surface area contributed by atoms with Gasteiger partial charge in [-0.15, -0.1) is 0 Å². The average molecular weight is 350 g/mol. The maximum Gasteiger partial charge on any atom is 0.314 e. The van der Waals surface area contributed by atoms with Gasteiger partial charge in [0.05, 0.1) is 23.8 Å². The molecule has 0 spiro atoms. The molecule has 0 unspecified atom stereocenters. The molecule has 2 N–H and O–H groups in total. The largest absolute Gasteiger partial charge is 0.494 e. The predicted octanol–water partition coefficient (Wildman–Crippen LogP) is 2.83. The van der Waals surface area contributed by atoms with Crippen LogP contribution < -0.4 is 15.4 Å². The highest BCUT2D eigenvalue weighted by Gasteiger charge is 2.18. The lowest BCUT2D eigenvalue weighted by Gasteiger charge is -2.10. The monoisotopic (exact) mass is 349 g/mol. The van der Waals surface area contributed by atoms with Crippen LogP contribution in [0.2, 0.25) is 5.02 Å². The summed E-state index contributed by atoms with van der Waals surface area (Å²) >= 11 is 5.79. The molecule has 0 bridgehead atoms. The Kier molecular flexibility index (Phi) is 5.33. The molecule has 9 heteroatoms. The van der Waals surface area contributed by atoms with Crippen molar-refractivity contribution in [2.75, 3.05) is 17.7 Å². The van der Waals surface area contributed by atoms with Crippen molar-refractivity contribution in [3.63, 3.8) is 0 Å². The SMILES string of the molecule is COc1cc([N+](=O)[O-])ccc1NC(=O)C(=O)Nc1cccc(Cl)c1. The van der Waals surface area contributed by atoms with Crippen LogP contribution in [0.15, 0.2) is 42.5 Å². The third kappa shape index (κ3) is 4.20. The summed E-state index contributed by atoms with van der Waals surface area (Å²) in [5.41, 5.74) is 0.292. The molecule has 0 fully saturated rings. The van der Waals surface area contributed by atoms with Crippen LogP contribution in [-0.2, 0) is 9.59 Å². The third-order valence-corrected chi connectivity index (χ3v) is 3.17. The summed E-state index contributed by atoms with van der Waals surface area (Å²) < 4.78 is 4.98. The number of rotatable bonds is 4. The molecule has 0 aliphatic carbocycles. The fourth-order valence-corrected chi connectivity index (χ4v) is 2.02. The summed E-state index contributed by atoms with van der Waals surface area (Å²) in [4.78, 5) is 34.0. The molecule has 0 aliphatic rings. The first-order valence-corrected chi connectivity index (χ1v) is 6.99. The van der Waals surface area contributed by atoms with Crippen molar-refractivity contribution < 1.29 is 19.2 Å². The quantitative estimate of drug-likeness (QED) is 0.501. The van der Waals surface area contributed by atoms with Gasteiger partial charge in [-0.05, 0) is 24.3 Å². The van der Waals surface area contributed by atoms with Crippen molar-refractivity contribution in [1.82, 2.24) is 0 Å². The number of hydrogen-bond donors (Lipinski definition) is 2. The smallest absolute Gasteiger partial charge is 0.314 e. The number of amides is 2. The van der Waals surface area contributed by atoms with Gasteiger partial charge in [0.1, 0.15) is 5.75 Å².